The highest BCUT2D eigenvalue weighted by Gasteiger charge is 2.33. The van der Waals surface area contributed by atoms with Crippen molar-refractivity contribution in [2.45, 2.75) is 45.3 Å². The fourth-order valence-electron chi connectivity index (χ4n) is 2.63. The van der Waals surface area contributed by atoms with Crippen LogP contribution >= 0.6 is 0 Å². The summed E-state index contributed by atoms with van der Waals surface area (Å²) in [7, 11) is 1.92. The van der Waals surface area contributed by atoms with Crippen LogP contribution in [-0.2, 0) is 4.79 Å². The van der Waals surface area contributed by atoms with Gasteiger partial charge in [0.15, 0.2) is 0 Å². The Morgan fingerprint density at radius 1 is 1.36 bits per heavy atom. The van der Waals surface area contributed by atoms with Crippen molar-refractivity contribution in [1.29, 1.82) is 0 Å². The van der Waals surface area contributed by atoms with E-state index in [0.717, 1.165) is 6.54 Å². The molecule has 1 aliphatic rings. The molecule has 2 rings (SSSR count). The summed E-state index contributed by atoms with van der Waals surface area (Å²) in [5.41, 5.74) is 2.44. The molecule has 4 nitrogen and oxygen atoms in total. The first-order valence-corrected chi connectivity index (χ1v) is 8.18. The summed E-state index contributed by atoms with van der Waals surface area (Å²) in [6, 6.07) is 8.58. The largest absolute Gasteiger partial charge is 0.393 e. The molecule has 0 bridgehead atoms. The molecule has 4 heteroatoms. The second kappa shape index (κ2) is 7.75. The summed E-state index contributed by atoms with van der Waals surface area (Å²) >= 11 is 0. The third-order valence-electron chi connectivity index (χ3n) is 4.19. The van der Waals surface area contributed by atoms with E-state index >= 15 is 0 Å². The van der Waals surface area contributed by atoms with E-state index in [1.54, 1.807) is 6.92 Å². The van der Waals surface area contributed by atoms with Crippen molar-refractivity contribution in [3.63, 3.8) is 0 Å². The molecule has 1 fully saturated rings. The number of hydrogen-bond donors (Lipinski definition) is 2. The van der Waals surface area contributed by atoms with Crippen LogP contribution in [0.2, 0.25) is 0 Å². The summed E-state index contributed by atoms with van der Waals surface area (Å²) in [6.45, 7) is 4.95. The van der Waals surface area contributed by atoms with Crippen molar-refractivity contribution >= 4 is 5.91 Å². The molecular formula is C18H28N2O2. The number of carbonyl (C=O) groups excluding carboxylic acids is 1. The Balaban J connectivity index is 1.88. The molecule has 0 spiro atoms. The van der Waals surface area contributed by atoms with Gasteiger partial charge in [-0.05, 0) is 51.6 Å². The summed E-state index contributed by atoms with van der Waals surface area (Å²) < 4.78 is 0. The Hall–Kier alpha value is -1.39. The molecule has 2 atom stereocenters. The lowest BCUT2D eigenvalue weighted by atomic mass is 10.0. The number of likely N-dealkylation sites (N-methyl/N-ethyl adjacent to an activating group) is 1. The molecule has 1 saturated carbocycles. The van der Waals surface area contributed by atoms with Gasteiger partial charge in [0, 0.05) is 6.54 Å². The van der Waals surface area contributed by atoms with E-state index in [1.807, 2.05) is 11.9 Å². The Labute approximate surface area is 133 Å². The lowest BCUT2D eigenvalue weighted by Crippen LogP contribution is -2.38. The van der Waals surface area contributed by atoms with E-state index < -0.39 is 0 Å². The third kappa shape index (κ3) is 5.43. The summed E-state index contributed by atoms with van der Waals surface area (Å²) in [4.78, 5) is 14.2. The molecule has 2 N–H and O–H groups in total. The van der Waals surface area contributed by atoms with Crippen LogP contribution in [0.1, 0.15) is 43.4 Å². The molecule has 1 amide bonds. The molecule has 1 aromatic rings. The molecule has 2 unspecified atom stereocenters. The number of nitrogens with one attached hydrogen (secondary N) is 1. The van der Waals surface area contributed by atoms with Crippen LogP contribution in [0.25, 0.3) is 0 Å². The molecule has 22 heavy (non-hydrogen) atoms. The molecule has 0 radical (unpaired) electrons. The molecule has 122 valence electrons. The number of hydrogen-bond acceptors (Lipinski definition) is 3. The van der Waals surface area contributed by atoms with Crippen molar-refractivity contribution in [1.82, 2.24) is 10.2 Å². The number of aliphatic hydroxyl groups is 1. The summed E-state index contributed by atoms with van der Waals surface area (Å²) in [6.07, 6.45) is 2.75. The monoisotopic (exact) mass is 304 g/mol. The van der Waals surface area contributed by atoms with Crippen molar-refractivity contribution in [2.24, 2.45) is 5.92 Å². The number of amides is 1. The zero-order valence-corrected chi connectivity index (χ0v) is 13.9. The Kier molecular flexibility index (Phi) is 5.98. The lowest BCUT2D eigenvalue weighted by Gasteiger charge is -2.22. The zero-order valence-electron chi connectivity index (χ0n) is 13.9. The summed E-state index contributed by atoms with van der Waals surface area (Å²) in [5, 5.41) is 12.5. The van der Waals surface area contributed by atoms with Gasteiger partial charge in [0.2, 0.25) is 5.91 Å². The highest BCUT2D eigenvalue weighted by molar-refractivity contribution is 5.78. The van der Waals surface area contributed by atoms with E-state index in [2.05, 4.69) is 36.5 Å². The molecule has 0 saturated heterocycles. The lowest BCUT2D eigenvalue weighted by molar-refractivity contribution is -0.123. The van der Waals surface area contributed by atoms with Crippen LogP contribution in [-0.4, -0.2) is 42.2 Å². The van der Waals surface area contributed by atoms with Gasteiger partial charge in [0.05, 0.1) is 18.7 Å². The number of aliphatic hydroxyl groups excluding tert-OH is 1. The molecule has 1 aliphatic carbocycles. The van der Waals surface area contributed by atoms with E-state index in [9.17, 15) is 9.90 Å². The van der Waals surface area contributed by atoms with E-state index in [-0.39, 0.29) is 18.1 Å². The van der Waals surface area contributed by atoms with Gasteiger partial charge in [-0.3, -0.25) is 9.69 Å². The van der Waals surface area contributed by atoms with Gasteiger partial charge in [0.25, 0.3) is 0 Å². The maximum Gasteiger partial charge on any atom is 0.234 e. The molecule has 0 heterocycles. The first-order chi connectivity index (χ1) is 10.5. The van der Waals surface area contributed by atoms with Crippen LogP contribution < -0.4 is 5.32 Å². The molecule has 1 aromatic carbocycles. The minimum Gasteiger partial charge on any atom is -0.393 e. The van der Waals surface area contributed by atoms with Crippen molar-refractivity contribution < 1.29 is 9.90 Å². The second-order valence-corrected chi connectivity index (χ2v) is 6.67. The van der Waals surface area contributed by atoms with Crippen molar-refractivity contribution in [3.8, 4) is 0 Å². The van der Waals surface area contributed by atoms with Crippen LogP contribution in [0.3, 0.4) is 0 Å². The number of benzene rings is 1. The molecular weight excluding hydrogens is 276 g/mol. The third-order valence-corrected chi connectivity index (χ3v) is 4.19. The second-order valence-electron chi connectivity index (χ2n) is 6.67. The average Bonchev–Trinajstić information content (AvgIpc) is 3.28. The van der Waals surface area contributed by atoms with Crippen LogP contribution in [0.15, 0.2) is 24.3 Å². The maximum atomic E-state index is 12.3. The first-order valence-electron chi connectivity index (χ1n) is 8.18. The standard InChI is InChI=1S/C18H28N2O2/c1-13-4-6-15(7-5-13)18(16-8-9-16)19-17(22)12-20(3)11-10-14(2)21/h4-7,14,16,18,21H,8-12H2,1-3H3,(H,19,22). The fraction of sp³-hybridized carbons (Fsp3) is 0.611. The topological polar surface area (TPSA) is 52.6 Å². The number of aryl methyl sites for hydroxylation is 1. The fourth-order valence-corrected chi connectivity index (χ4v) is 2.63. The zero-order chi connectivity index (χ0) is 16.1. The van der Waals surface area contributed by atoms with Gasteiger partial charge in [-0.2, -0.15) is 0 Å². The quantitative estimate of drug-likeness (QED) is 0.774. The van der Waals surface area contributed by atoms with Gasteiger partial charge in [-0.25, -0.2) is 0 Å². The summed E-state index contributed by atoms with van der Waals surface area (Å²) in [5.74, 6) is 0.639. The van der Waals surface area contributed by atoms with E-state index in [4.69, 9.17) is 0 Å². The molecule has 0 aromatic heterocycles. The number of nitrogens with zero attached hydrogens (tertiary/aromatic N) is 1. The smallest absolute Gasteiger partial charge is 0.234 e. The van der Waals surface area contributed by atoms with Gasteiger partial charge in [-0.15, -0.1) is 0 Å². The maximum absolute atomic E-state index is 12.3. The SMILES string of the molecule is Cc1ccc(C(NC(=O)CN(C)CCC(C)O)C2CC2)cc1. The first kappa shape index (κ1) is 17.0. The predicted octanol–water partition coefficient (Wildman–Crippen LogP) is 2.27. The van der Waals surface area contributed by atoms with E-state index in [1.165, 1.54) is 24.0 Å². The molecule has 0 aliphatic heterocycles. The van der Waals surface area contributed by atoms with Crippen LogP contribution in [0.4, 0.5) is 0 Å². The van der Waals surface area contributed by atoms with Gasteiger partial charge in [-0.1, -0.05) is 29.8 Å². The highest BCUT2D eigenvalue weighted by atomic mass is 16.3. The predicted molar refractivity (Wildman–Crippen MR) is 88.6 cm³/mol. The Morgan fingerprint density at radius 3 is 2.55 bits per heavy atom. The van der Waals surface area contributed by atoms with Crippen LogP contribution in [0.5, 0.6) is 0 Å². The Bertz CT molecular complexity index is 480. The van der Waals surface area contributed by atoms with Gasteiger partial charge < -0.3 is 10.4 Å². The number of rotatable bonds is 8. The highest BCUT2D eigenvalue weighted by Crippen LogP contribution is 2.41. The van der Waals surface area contributed by atoms with Gasteiger partial charge in [0.1, 0.15) is 0 Å². The minimum atomic E-state index is -0.322. The van der Waals surface area contributed by atoms with Gasteiger partial charge >= 0.3 is 0 Å². The Morgan fingerprint density at radius 2 is 2.00 bits per heavy atom. The normalized spacial score (nSPS) is 17.3. The van der Waals surface area contributed by atoms with Crippen molar-refractivity contribution in [3.05, 3.63) is 35.4 Å². The minimum absolute atomic E-state index is 0.0607. The van der Waals surface area contributed by atoms with E-state index in [0.29, 0.717) is 18.9 Å². The van der Waals surface area contributed by atoms with Crippen LogP contribution in [0, 0.1) is 12.8 Å². The number of carbonyl (C=O) groups is 1. The average molecular weight is 304 g/mol. The van der Waals surface area contributed by atoms with Crippen molar-refractivity contribution in [2.75, 3.05) is 20.1 Å².